The fourth-order valence-corrected chi connectivity index (χ4v) is 0. The number of hydrogen-bond donors (Lipinski definition) is 0. The van der Waals surface area contributed by atoms with Gasteiger partial charge in [0.15, 0.2) is 0 Å². The van der Waals surface area contributed by atoms with Crippen LogP contribution in [0.1, 0.15) is 0 Å². The van der Waals surface area contributed by atoms with E-state index in [1.165, 1.54) is 0 Å². The van der Waals surface area contributed by atoms with Crippen molar-refractivity contribution in [3.8, 4) is 0 Å². The fourth-order valence-electron chi connectivity index (χ4n) is 0. The Morgan fingerprint density at radius 3 is 0.444 bits per heavy atom. The van der Waals surface area contributed by atoms with Crippen LogP contribution in [0.5, 0.6) is 0 Å². The van der Waals surface area contributed by atoms with Gasteiger partial charge in [0.25, 0.3) is 0 Å². The van der Waals surface area contributed by atoms with Crippen molar-refractivity contribution in [2.24, 2.45) is 0 Å². The summed E-state index contributed by atoms with van der Waals surface area (Å²) >= 11 is 0. The van der Waals surface area contributed by atoms with Gasteiger partial charge in [-0.05, 0) is 0 Å². The first kappa shape index (κ1) is 245. The van der Waals surface area contributed by atoms with Crippen LogP contribution >= 0.6 is 0 Å². The first-order valence-electron chi connectivity index (χ1n) is 0. The standard InChI is InChI=1S/In.Nb.6O.Sn/q+3;+5;6*-2;+4. The van der Waals surface area contributed by atoms with E-state index >= 15 is 0 Å². The molecule has 0 rings (SSSR count). The molecule has 0 amide bonds. The van der Waals surface area contributed by atoms with Crippen LogP contribution in [0.2, 0.25) is 0 Å². The van der Waals surface area contributed by atoms with Gasteiger partial charge < -0.3 is 32.9 Å². The molecule has 0 aliphatic rings. The van der Waals surface area contributed by atoms with Gasteiger partial charge in [-0.2, -0.15) is 0 Å². The average molecular weight is 422 g/mol. The summed E-state index contributed by atoms with van der Waals surface area (Å²) in [5.41, 5.74) is 0. The van der Waals surface area contributed by atoms with Crippen LogP contribution in [0, 0.1) is 0 Å². The Hall–Kier alpha value is 2.17. The molecular weight excluding hydrogens is 422 g/mol. The quantitative estimate of drug-likeness (QED) is 0.415. The van der Waals surface area contributed by atoms with Crippen molar-refractivity contribution in [2.45, 2.75) is 0 Å². The molecule has 0 saturated carbocycles. The minimum absolute atomic E-state index is 0. The van der Waals surface area contributed by atoms with Crippen LogP contribution in [0.3, 0.4) is 0 Å². The number of hydrogen-bond acceptors (Lipinski definition) is 0. The Labute approximate surface area is 104 Å². The molecule has 48 valence electrons. The third kappa shape index (κ3) is 144. The zero-order chi connectivity index (χ0) is 0. The molecule has 0 atom stereocenters. The Kier molecular flexibility index (Phi) is 4960. The zero-order valence-electron chi connectivity index (χ0n) is 3.97. The first-order valence-corrected chi connectivity index (χ1v) is 0. The van der Waals surface area contributed by atoms with Gasteiger partial charge in [0.05, 0.1) is 0 Å². The molecule has 9 heteroatoms. The molecule has 9 heavy (non-hydrogen) atoms. The van der Waals surface area contributed by atoms with E-state index in [2.05, 4.69) is 0 Å². The van der Waals surface area contributed by atoms with E-state index in [-0.39, 0.29) is 105 Å². The molecule has 0 aliphatic heterocycles. The van der Waals surface area contributed by atoms with Crippen LogP contribution in [-0.2, 0) is 55.2 Å². The van der Waals surface area contributed by atoms with Gasteiger partial charge in [-0.1, -0.05) is 0 Å². The molecule has 0 radical (unpaired) electrons. The fraction of sp³-hybridized carbons (Fsp3) is 0. The Bertz CT molecular complexity index is 13.0. The van der Waals surface area contributed by atoms with Crippen LogP contribution in [0.4, 0.5) is 0 Å². The summed E-state index contributed by atoms with van der Waals surface area (Å²) in [6, 6.07) is 0. The van der Waals surface area contributed by atoms with E-state index in [0.29, 0.717) is 0 Å². The maximum atomic E-state index is 0. The molecule has 0 unspecified atom stereocenters. The SMILES string of the molecule is [In+3].[Nb+5].[O-2].[O-2].[O-2].[O-2].[O-2].[O-2].[Sn+4]. The van der Waals surface area contributed by atoms with Crippen LogP contribution in [0.25, 0.3) is 0 Å². The summed E-state index contributed by atoms with van der Waals surface area (Å²) in [5, 5.41) is 0. The Balaban J connectivity index is 0. The minimum atomic E-state index is 0. The van der Waals surface area contributed by atoms with Gasteiger partial charge in [-0.3, -0.25) is 0 Å². The topological polar surface area (TPSA) is 171 Å². The van der Waals surface area contributed by atoms with Gasteiger partial charge in [0, 0.05) is 0 Å². The van der Waals surface area contributed by atoms with Gasteiger partial charge in [0.2, 0.25) is 0 Å². The molecule has 0 aromatic carbocycles. The van der Waals surface area contributed by atoms with Crippen molar-refractivity contribution >= 4 is 49.8 Å². The maximum Gasteiger partial charge on any atom is 5.00 e. The van der Waals surface area contributed by atoms with Crippen LogP contribution in [0.15, 0.2) is 0 Å². The summed E-state index contributed by atoms with van der Waals surface area (Å²) in [7, 11) is 0. The monoisotopic (exact) mass is 424 g/mol. The van der Waals surface area contributed by atoms with E-state index in [1.807, 2.05) is 0 Å². The van der Waals surface area contributed by atoms with E-state index < -0.39 is 0 Å². The minimum Gasteiger partial charge on any atom is -2.00 e. The predicted molar refractivity (Wildman–Crippen MR) is 15.6 cm³/mol. The summed E-state index contributed by atoms with van der Waals surface area (Å²) in [6.45, 7) is 0. The van der Waals surface area contributed by atoms with Gasteiger partial charge in [-0.25, -0.2) is 0 Å². The Morgan fingerprint density at radius 1 is 0.444 bits per heavy atom. The van der Waals surface area contributed by atoms with Crippen molar-refractivity contribution in [3.05, 3.63) is 0 Å². The second kappa shape index (κ2) is 182. The summed E-state index contributed by atoms with van der Waals surface area (Å²) in [4.78, 5) is 0. The molecule has 0 saturated heterocycles. The van der Waals surface area contributed by atoms with E-state index in [9.17, 15) is 0 Å². The van der Waals surface area contributed by atoms with Gasteiger partial charge >= 0.3 is 72.1 Å². The molecule has 0 N–H and O–H groups in total. The van der Waals surface area contributed by atoms with Gasteiger partial charge in [0.1, 0.15) is 0 Å². The maximum absolute atomic E-state index is 0. The first-order chi connectivity index (χ1) is 0. The van der Waals surface area contributed by atoms with E-state index in [0.717, 1.165) is 0 Å². The second-order valence-electron chi connectivity index (χ2n) is 0. The molecule has 0 aromatic heterocycles. The van der Waals surface area contributed by atoms with Crippen molar-refractivity contribution in [2.75, 3.05) is 0 Å². The smallest absolute Gasteiger partial charge is 2.00 e. The molecule has 0 bridgehead atoms. The third-order valence-electron chi connectivity index (χ3n) is 0. The van der Waals surface area contributed by atoms with E-state index in [1.54, 1.807) is 0 Å². The molecule has 0 aromatic rings. The second-order valence-corrected chi connectivity index (χ2v) is 0. The molecule has 0 fully saturated rings. The molecular formula is InNbO6Sn. The van der Waals surface area contributed by atoms with Gasteiger partial charge in [-0.15, -0.1) is 0 Å². The third-order valence-corrected chi connectivity index (χ3v) is 0. The number of rotatable bonds is 0. The van der Waals surface area contributed by atoms with E-state index in [4.69, 9.17) is 0 Å². The largest absolute Gasteiger partial charge is 5.00 e. The van der Waals surface area contributed by atoms with Crippen LogP contribution < -0.4 is 0 Å². The molecule has 0 aliphatic carbocycles. The zero-order valence-corrected chi connectivity index (χ0v) is 12.3. The van der Waals surface area contributed by atoms with Crippen LogP contribution in [-0.4, -0.2) is 49.8 Å². The van der Waals surface area contributed by atoms with Crippen molar-refractivity contribution in [1.29, 1.82) is 0 Å². The summed E-state index contributed by atoms with van der Waals surface area (Å²) < 4.78 is 0. The predicted octanol–water partition coefficient (Wildman–Crippen LogP) is -1.48. The van der Waals surface area contributed by atoms with Crippen molar-refractivity contribution in [3.63, 3.8) is 0 Å². The average Bonchev–Trinajstić information content (AvgIpc) is 0. The molecule has 6 nitrogen and oxygen atoms in total. The van der Waals surface area contributed by atoms with Crippen molar-refractivity contribution < 1.29 is 55.2 Å². The Morgan fingerprint density at radius 2 is 0.444 bits per heavy atom. The summed E-state index contributed by atoms with van der Waals surface area (Å²) in [6.07, 6.45) is 0. The normalized spacial score (nSPS) is 0. The van der Waals surface area contributed by atoms with Crippen molar-refractivity contribution in [1.82, 2.24) is 0 Å². The molecule has 0 spiro atoms. The molecule has 0 heterocycles. The summed E-state index contributed by atoms with van der Waals surface area (Å²) in [5.74, 6) is 0.